The highest BCUT2D eigenvalue weighted by Gasteiger charge is 2.50. The molecule has 4 N–H and O–H groups in total. The normalized spacial score (nSPS) is 34.4. The predicted octanol–water partition coefficient (Wildman–Crippen LogP) is 4.90. The Labute approximate surface area is 172 Å². The number of nitrogens with two attached hydrogens (primary N) is 2. The lowest BCUT2D eigenvalue weighted by molar-refractivity contribution is 0.0326. The minimum atomic E-state index is 0.335. The van der Waals surface area contributed by atoms with Gasteiger partial charge in [0.15, 0.2) is 0 Å². The van der Waals surface area contributed by atoms with Crippen molar-refractivity contribution in [3.05, 3.63) is 34.9 Å². The zero-order chi connectivity index (χ0) is 20.4. The average molecular weight is 387 g/mol. The second-order valence-corrected chi connectivity index (χ2v) is 10.2. The van der Waals surface area contributed by atoms with E-state index in [0.29, 0.717) is 29.4 Å². The van der Waals surface area contributed by atoms with Gasteiger partial charge in [-0.3, -0.25) is 0 Å². The van der Waals surface area contributed by atoms with Crippen LogP contribution in [0.4, 0.5) is 0 Å². The first-order chi connectivity index (χ1) is 13.3. The number of hydrogen-bond donors (Lipinski definition) is 2. The Morgan fingerprint density at radius 2 is 1.89 bits per heavy atom. The van der Waals surface area contributed by atoms with Gasteiger partial charge in [0.25, 0.3) is 0 Å². The van der Waals surface area contributed by atoms with E-state index >= 15 is 0 Å². The maximum Gasteiger partial charge on any atom is 0.0698 e. The molecule has 158 valence electrons. The quantitative estimate of drug-likeness (QED) is 0.776. The van der Waals surface area contributed by atoms with Crippen LogP contribution in [0.15, 0.2) is 18.2 Å². The number of hydrogen-bond acceptors (Lipinski definition) is 3. The SMILES string of the molecule is CC(C)c1ccc2c(c1)CC[C@H]1[C@](C)(CN)CCC[C@]21C.NC[C@H]1CCCO1. The molecule has 3 nitrogen and oxygen atoms in total. The van der Waals surface area contributed by atoms with Crippen LogP contribution in [0.25, 0.3) is 0 Å². The van der Waals surface area contributed by atoms with Crippen LogP contribution in [0, 0.1) is 11.3 Å². The molecule has 4 atom stereocenters. The van der Waals surface area contributed by atoms with E-state index in [1.54, 1.807) is 11.1 Å². The molecule has 28 heavy (non-hydrogen) atoms. The van der Waals surface area contributed by atoms with Crippen molar-refractivity contribution in [2.45, 2.75) is 90.1 Å². The smallest absolute Gasteiger partial charge is 0.0698 e. The van der Waals surface area contributed by atoms with Gasteiger partial charge in [0, 0.05) is 13.2 Å². The summed E-state index contributed by atoms with van der Waals surface area (Å²) in [7, 11) is 0. The third-order valence-electron chi connectivity index (χ3n) is 7.92. The lowest BCUT2D eigenvalue weighted by atomic mass is 9.50. The van der Waals surface area contributed by atoms with Crippen LogP contribution in [0.3, 0.4) is 0 Å². The number of rotatable bonds is 3. The van der Waals surface area contributed by atoms with E-state index in [1.165, 1.54) is 44.1 Å². The molecule has 1 aliphatic heterocycles. The zero-order valence-electron chi connectivity index (χ0n) is 18.6. The van der Waals surface area contributed by atoms with Crippen LogP contribution in [-0.4, -0.2) is 25.8 Å². The van der Waals surface area contributed by atoms with E-state index < -0.39 is 0 Å². The fourth-order valence-electron chi connectivity index (χ4n) is 6.08. The molecular formula is C25H42N2O. The summed E-state index contributed by atoms with van der Waals surface area (Å²) >= 11 is 0. The molecule has 0 spiro atoms. The van der Waals surface area contributed by atoms with Crippen molar-refractivity contribution in [3.63, 3.8) is 0 Å². The Kier molecular flexibility index (Phi) is 6.89. The number of benzene rings is 1. The largest absolute Gasteiger partial charge is 0.377 e. The van der Waals surface area contributed by atoms with Crippen LogP contribution in [0.5, 0.6) is 0 Å². The van der Waals surface area contributed by atoms with Crippen molar-refractivity contribution >= 4 is 0 Å². The van der Waals surface area contributed by atoms with Crippen LogP contribution < -0.4 is 11.5 Å². The van der Waals surface area contributed by atoms with Gasteiger partial charge in [-0.2, -0.15) is 0 Å². The molecule has 0 amide bonds. The Hall–Kier alpha value is -0.900. The second-order valence-electron chi connectivity index (χ2n) is 10.2. The molecule has 0 aromatic heterocycles. The highest BCUT2D eigenvalue weighted by Crippen LogP contribution is 2.56. The van der Waals surface area contributed by atoms with Crippen molar-refractivity contribution in [1.82, 2.24) is 0 Å². The molecule has 0 radical (unpaired) electrons. The summed E-state index contributed by atoms with van der Waals surface area (Å²) in [6.45, 7) is 12.0. The van der Waals surface area contributed by atoms with Crippen LogP contribution in [0.2, 0.25) is 0 Å². The van der Waals surface area contributed by atoms with Crippen LogP contribution in [-0.2, 0) is 16.6 Å². The summed E-state index contributed by atoms with van der Waals surface area (Å²) in [6, 6.07) is 7.29. The number of fused-ring (bicyclic) bond motifs is 3. The lowest BCUT2D eigenvalue weighted by Crippen LogP contribution is -2.51. The number of ether oxygens (including phenoxy) is 1. The van der Waals surface area contributed by atoms with Gasteiger partial charge in [-0.1, -0.05) is 52.3 Å². The summed E-state index contributed by atoms with van der Waals surface area (Å²) in [6.07, 6.45) is 9.26. The molecule has 1 aromatic carbocycles. The summed E-state index contributed by atoms with van der Waals surface area (Å²) in [4.78, 5) is 0. The first-order valence-corrected chi connectivity index (χ1v) is 11.5. The van der Waals surface area contributed by atoms with E-state index in [4.69, 9.17) is 16.2 Å². The molecule has 3 aliphatic rings. The van der Waals surface area contributed by atoms with Gasteiger partial charge in [0.05, 0.1) is 6.10 Å². The molecule has 1 heterocycles. The molecule has 1 saturated carbocycles. The van der Waals surface area contributed by atoms with Crippen molar-refractivity contribution in [2.75, 3.05) is 19.7 Å². The molecule has 3 heteroatoms. The third kappa shape index (κ3) is 4.17. The van der Waals surface area contributed by atoms with Gasteiger partial charge < -0.3 is 16.2 Å². The van der Waals surface area contributed by atoms with Crippen molar-refractivity contribution in [1.29, 1.82) is 0 Å². The van der Waals surface area contributed by atoms with Gasteiger partial charge in [-0.05, 0) is 84.4 Å². The fourth-order valence-corrected chi connectivity index (χ4v) is 6.08. The molecule has 0 bridgehead atoms. The van der Waals surface area contributed by atoms with E-state index in [9.17, 15) is 0 Å². The van der Waals surface area contributed by atoms with Crippen molar-refractivity contribution < 1.29 is 4.74 Å². The van der Waals surface area contributed by atoms with E-state index in [0.717, 1.165) is 25.5 Å². The fraction of sp³-hybridized carbons (Fsp3) is 0.760. The first kappa shape index (κ1) is 21.8. The lowest BCUT2D eigenvalue weighted by Gasteiger charge is -2.55. The summed E-state index contributed by atoms with van der Waals surface area (Å²) < 4.78 is 5.18. The number of aryl methyl sites for hydroxylation is 1. The highest BCUT2D eigenvalue weighted by molar-refractivity contribution is 5.42. The predicted molar refractivity (Wildman–Crippen MR) is 119 cm³/mol. The minimum absolute atomic E-state index is 0.335. The third-order valence-corrected chi connectivity index (χ3v) is 7.92. The van der Waals surface area contributed by atoms with Crippen LogP contribution in [0.1, 0.15) is 88.8 Å². The van der Waals surface area contributed by atoms with Gasteiger partial charge in [-0.15, -0.1) is 0 Å². The van der Waals surface area contributed by atoms with E-state index in [1.807, 2.05) is 0 Å². The molecule has 1 saturated heterocycles. The standard InChI is InChI=1S/C20H31N.C5H11NO/c1-14(2)15-6-8-17-16(12-15)7-9-18-19(3,13-21)10-5-11-20(17,18)4;6-4-5-2-1-3-7-5/h6,8,12,14,18H,5,7,9-11,13,21H2,1-4H3;5H,1-4,6H2/t18-,19-,20+;5-/m01/s1. The molecule has 1 aromatic rings. The summed E-state index contributed by atoms with van der Waals surface area (Å²) in [5.74, 6) is 1.38. The van der Waals surface area contributed by atoms with Crippen LogP contribution >= 0.6 is 0 Å². The van der Waals surface area contributed by atoms with Crippen molar-refractivity contribution in [3.8, 4) is 0 Å². The monoisotopic (exact) mass is 386 g/mol. The maximum absolute atomic E-state index is 6.19. The molecule has 2 fully saturated rings. The topological polar surface area (TPSA) is 61.3 Å². The Bertz CT molecular complexity index is 652. The molecule has 4 rings (SSSR count). The van der Waals surface area contributed by atoms with E-state index in [2.05, 4.69) is 45.9 Å². The Balaban J connectivity index is 0.000000271. The first-order valence-electron chi connectivity index (χ1n) is 11.5. The van der Waals surface area contributed by atoms with Gasteiger partial charge in [0.2, 0.25) is 0 Å². The molecular weight excluding hydrogens is 344 g/mol. The maximum atomic E-state index is 6.19. The van der Waals surface area contributed by atoms with E-state index in [-0.39, 0.29) is 0 Å². The van der Waals surface area contributed by atoms with Gasteiger partial charge in [-0.25, -0.2) is 0 Å². The zero-order valence-corrected chi connectivity index (χ0v) is 18.6. The van der Waals surface area contributed by atoms with Gasteiger partial charge >= 0.3 is 0 Å². The Morgan fingerprint density at radius 1 is 1.11 bits per heavy atom. The molecule has 0 unspecified atom stereocenters. The minimum Gasteiger partial charge on any atom is -0.377 e. The summed E-state index contributed by atoms with van der Waals surface area (Å²) in [5.41, 5.74) is 16.9. The Morgan fingerprint density at radius 3 is 2.46 bits per heavy atom. The second kappa shape index (κ2) is 8.85. The van der Waals surface area contributed by atoms with Crippen molar-refractivity contribution in [2.24, 2.45) is 22.8 Å². The molecule has 2 aliphatic carbocycles. The average Bonchev–Trinajstić information content (AvgIpc) is 3.22. The van der Waals surface area contributed by atoms with Gasteiger partial charge in [0.1, 0.15) is 0 Å². The highest BCUT2D eigenvalue weighted by atomic mass is 16.5. The summed E-state index contributed by atoms with van der Waals surface area (Å²) in [5, 5.41) is 0.